The molecule has 8 heteroatoms. The Morgan fingerprint density at radius 1 is 1.50 bits per heavy atom. The van der Waals surface area contributed by atoms with Crippen molar-refractivity contribution >= 4 is 15.9 Å². The minimum Gasteiger partial charge on any atom is -0.354 e. The number of nitrogens with zero attached hydrogens (tertiary/aromatic N) is 1. The zero-order valence-corrected chi connectivity index (χ0v) is 12.8. The van der Waals surface area contributed by atoms with E-state index >= 15 is 0 Å². The summed E-state index contributed by atoms with van der Waals surface area (Å²) >= 11 is 0. The number of carbonyl (C=O) groups is 1. The van der Waals surface area contributed by atoms with Crippen LogP contribution >= 0.6 is 0 Å². The zero-order valence-electron chi connectivity index (χ0n) is 12.0. The molecule has 0 spiro atoms. The topological polar surface area (TPSA) is 106 Å². The maximum atomic E-state index is 12.2. The predicted octanol–water partition coefficient (Wildman–Crippen LogP) is -0.210. The molecule has 0 saturated heterocycles. The van der Waals surface area contributed by atoms with Gasteiger partial charge < -0.3 is 15.6 Å². The van der Waals surface area contributed by atoms with Gasteiger partial charge in [-0.2, -0.15) is 0 Å². The number of nitrogens with one attached hydrogen (secondary N) is 2. The van der Waals surface area contributed by atoms with Crippen molar-refractivity contribution in [1.29, 1.82) is 0 Å². The Morgan fingerprint density at radius 2 is 2.15 bits per heavy atom. The number of amides is 1. The minimum absolute atomic E-state index is 0.0631. The summed E-state index contributed by atoms with van der Waals surface area (Å²) in [4.78, 5) is 11.7. The number of sulfonamides is 1. The van der Waals surface area contributed by atoms with Gasteiger partial charge in [-0.1, -0.05) is 13.3 Å². The number of aryl methyl sites for hydroxylation is 1. The number of aromatic nitrogens is 1. The molecule has 7 nitrogen and oxygen atoms in total. The van der Waals surface area contributed by atoms with Gasteiger partial charge >= 0.3 is 0 Å². The lowest BCUT2D eigenvalue weighted by Gasteiger charge is -2.15. The van der Waals surface area contributed by atoms with Gasteiger partial charge in [0.1, 0.15) is 10.6 Å². The monoisotopic (exact) mass is 302 g/mol. The second kappa shape index (κ2) is 6.87. The molecule has 20 heavy (non-hydrogen) atoms. The molecule has 1 amide bonds. The van der Waals surface area contributed by atoms with Crippen molar-refractivity contribution in [3.63, 3.8) is 0 Å². The van der Waals surface area contributed by atoms with E-state index in [0.29, 0.717) is 6.42 Å². The first-order chi connectivity index (χ1) is 9.35. The van der Waals surface area contributed by atoms with Crippen LogP contribution in [0.1, 0.15) is 30.3 Å². The molecule has 1 rings (SSSR count). The van der Waals surface area contributed by atoms with E-state index in [2.05, 4.69) is 10.0 Å². The van der Waals surface area contributed by atoms with Crippen molar-refractivity contribution in [3.8, 4) is 0 Å². The van der Waals surface area contributed by atoms with Crippen molar-refractivity contribution in [1.82, 2.24) is 14.6 Å². The summed E-state index contributed by atoms with van der Waals surface area (Å²) in [5.41, 5.74) is 5.84. The molecule has 0 aromatic carbocycles. The number of hydrogen-bond acceptors (Lipinski definition) is 4. The van der Waals surface area contributed by atoms with Crippen molar-refractivity contribution in [2.24, 2.45) is 12.8 Å². The molecule has 0 fully saturated rings. The first-order valence-corrected chi connectivity index (χ1v) is 7.94. The van der Waals surface area contributed by atoms with Crippen LogP contribution in [0.4, 0.5) is 0 Å². The number of rotatable bonds is 7. The molecule has 4 N–H and O–H groups in total. The molecule has 0 aliphatic carbocycles. The normalized spacial score (nSPS) is 13.2. The van der Waals surface area contributed by atoms with Crippen LogP contribution in [0.25, 0.3) is 0 Å². The Hall–Kier alpha value is -1.38. The lowest BCUT2D eigenvalue weighted by atomic mass is 10.2. The Morgan fingerprint density at radius 3 is 2.65 bits per heavy atom. The average Bonchev–Trinajstić information content (AvgIpc) is 2.80. The standard InChI is InChI=1S/C12H22N4O3S/c1-4-5-9(7-13)15-20(18,19)10-6-11(12(17)14-2)16(3)8-10/h6,8-9,15H,4-5,7,13H2,1-3H3,(H,14,17). The van der Waals surface area contributed by atoms with E-state index in [4.69, 9.17) is 5.73 Å². The highest BCUT2D eigenvalue weighted by Crippen LogP contribution is 2.14. The molecule has 114 valence electrons. The maximum absolute atomic E-state index is 12.2. The van der Waals surface area contributed by atoms with Crippen molar-refractivity contribution in [2.45, 2.75) is 30.7 Å². The van der Waals surface area contributed by atoms with E-state index in [1.54, 1.807) is 7.05 Å². The van der Waals surface area contributed by atoms with Gasteiger partial charge in [0, 0.05) is 32.9 Å². The summed E-state index contributed by atoms with van der Waals surface area (Å²) in [7, 11) is -0.553. The van der Waals surface area contributed by atoms with Gasteiger partial charge in [0.25, 0.3) is 5.91 Å². The summed E-state index contributed by atoms with van der Waals surface area (Å²) in [6, 6.07) is 1.05. The highest BCUT2D eigenvalue weighted by molar-refractivity contribution is 7.89. The summed E-state index contributed by atoms with van der Waals surface area (Å²) < 4.78 is 28.5. The Bertz CT molecular complexity index is 565. The Balaban J connectivity index is 3.01. The smallest absolute Gasteiger partial charge is 0.267 e. The van der Waals surface area contributed by atoms with Crippen LogP contribution in [-0.4, -0.2) is 38.5 Å². The molecule has 0 radical (unpaired) electrons. The average molecular weight is 302 g/mol. The fourth-order valence-corrected chi connectivity index (χ4v) is 3.25. The van der Waals surface area contributed by atoms with Gasteiger partial charge in [-0.05, 0) is 12.5 Å². The maximum Gasteiger partial charge on any atom is 0.267 e. The van der Waals surface area contributed by atoms with E-state index in [0.717, 1.165) is 6.42 Å². The molecule has 1 unspecified atom stereocenters. The molecule has 0 saturated carbocycles. The van der Waals surface area contributed by atoms with Gasteiger partial charge in [0.05, 0.1) is 0 Å². The number of nitrogens with two attached hydrogens (primary N) is 1. The first-order valence-electron chi connectivity index (χ1n) is 6.46. The molecule has 1 heterocycles. The third-order valence-electron chi connectivity index (χ3n) is 2.99. The van der Waals surface area contributed by atoms with Crippen LogP contribution in [-0.2, 0) is 17.1 Å². The largest absolute Gasteiger partial charge is 0.354 e. The van der Waals surface area contributed by atoms with Crippen LogP contribution in [0.5, 0.6) is 0 Å². The number of carbonyl (C=O) groups excluding carboxylic acids is 1. The van der Waals surface area contributed by atoms with Gasteiger partial charge in [0.15, 0.2) is 0 Å². The van der Waals surface area contributed by atoms with Crippen LogP contribution in [0, 0.1) is 0 Å². The summed E-state index contributed by atoms with van der Waals surface area (Å²) in [6.07, 6.45) is 2.92. The van der Waals surface area contributed by atoms with E-state index in [1.165, 1.54) is 23.9 Å². The van der Waals surface area contributed by atoms with Crippen molar-refractivity contribution in [2.75, 3.05) is 13.6 Å². The highest BCUT2D eigenvalue weighted by Gasteiger charge is 2.22. The third-order valence-corrected chi connectivity index (χ3v) is 4.48. The fraction of sp³-hybridized carbons (Fsp3) is 0.583. The zero-order chi connectivity index (χ0) is 15.3. The van der Waals surface area contributed by atoms with Crippen LogP contribution < -0.4 is 15.8 Å². The predicted molar refractivity (Wildman–Crippen MR) is 76.9 cm³/mol. The fourth-order valence-electron chi connectivity index (χ4n) is 1.90. The second-order valence-corrected chi connectivity index (χ2v) is 6.31. The molecule has 1 aromatic rings. The Labute approximate surface area is 119 Å². The van der Waals surface area contributed by atoms with Gasteiger partial charge in [-0.15, -0.1) is 0 Å². The van der Waals surface area contributed by atoms with E-state index in [-0.39, 0.29) is 29.1 Å². The summed E-state index contributed by atoms with van der Waals surface area (Å²) in [6.45, 7) is 2.20. The minimum atomic E-state index is -3.67. The van der Waals surface area contributed by atoms with E-state index in [9.17, 15) is 13.2 Å². The third kappa shape index (κ3) is 3.81. The quantitative estimate of drug-likeness (QED) is 0.648. The van der Waals surface area contributed by atoms with Crippen LogP contribution in [0.15, 0.2) is 17.2 Å². The molecule has 0 bridgehead atoms. The molecule has 1 aromatic heterocycles. The second-order valence-electron chi connectivity index (χ2n) is 4.59. The summed E-state index contributed by atoms with van der Waals surface area (Å²) in [5.74, 6) is -0.335. The first kappa shape index (κ1) is 16.7. The van der Waals surface area contributed by atoms with Crippen LogP contribution in [0.2, 0.25) is 0 Å². The lowest BCUT2D eigenvalue weighted by molar-refractivity contribution is 0.0955. The number of hydrogen-bond donors (Lipinski definition) is 3. The molecular formula is C12H22N4O3S. The van der Waals surface area contributed by atoms with Crippen molar-refractivity contribution < 1.29 is 13.2 Å². The highest BCUT2D eigenvalue weighted by atomic mass is 32.2. The molecule has 1 atom stereocenters. The van der Waals surface area contributed by atoms with Gasteiger partial charge in [-0.25, -0.2) is 13.1 Å². The SMILES string of the molecule is CCCC(CN)NS(=O)(=O)c1cc(C(=O)NC)n(C)c1. The van der Waals surface area contributed by atoms with Crippen molar-refractivity contribution in [3.05, 3.63) is 18.0 Å². The molecule has 0 aliphatic heterocycles. The molecular weight excluding hydrogens is 280 g/mol. The van der Waals surface area contributed by atoms with Crippen LogP contribution in [0.3, 0.4) is 0 Å². The van der Waals surface area contributed by atoms with E-state index in [1.807, 2.05) is 6.92 Å². The van der Waals surface area contributed by atoms with E-state index < -0.39 is 10.0 Å². The molecule has 0 aliphatic rings. The van der Waals surface area contributed by atoms with Gasteiger partial charge in [0.2, 0.25) is 10.0 Å². The lowest BCUT2D eigenvalue weighted by Crippen LogP contribution is -2.39. The Kier molecular flexibility index (Phi) is 5.73. The van der Waals surface area contributed by atoms with Gasteiger partial charge in [-0.3, -0.25) is 4.79 Å². The summed E-state index contributed by atoms with van der Waals surface area (Å²) in [5, 5.41) is 2.46.